The number of nitrogens with one attached hydrogen (secondary N) is 1. The Labute approximate surface area is 118 Å². The summed E-state index contributed by atoms with van der Waals surface area (Å²) in [6, 6.07) is 8.12. The molecular weight excluding hydrogens is 252 g/mol. The standard InChI is InChI=1S/C15H18N4O/c1-16-11-6-8-19(9-7-11)15(20)14-10-17-12-4-2-3-5-13(12)18-14/h2-5,10-11,16H,6-9H2,1H3. The van der Waals surface area contributed by atoms with Crippen molar-refractivity contribution in [3.8, 4) is 0 Å². The van der Waals surface area contributed by atoms with Gasteiger partial charge in [0.2, 0.25) is 0 Å². The molecule has 3 rings (SSSR count). The zero-order chi connectivity index (χ0) is 13.9. The second-order valence-corrected chi connectivity index (χ2v) is 5.10. The Morgan fingerprint density at radius 3 is 2.65 bits per heavy atom. The van der Waals surface area contributed by atoms with Crippen LogP contribution in [-0.2, 0) is 0 Å². The molecule has 0 unspecified atom stereocenters. The van der Waals surface area contributed by atoms with E-state index in [0.29, 0.717) is 11.7 Å². The topological polar surface area (TPSA) is 58.1 Å². The van der Waals surface area contributed by atoms with Crippen LogP contribution in [-0.4, -0.2) is 47.0 Å². The van der Waals surface area contributed by atoms with Crippen LogP contribution < -0.4 is 5.32 Å². The Hall–Kier alpha value is -2.01. The largest absolute Gasteiger partial charge is 0.337 e. The van der Waals surface area contributed by atoms with Crippen molar-refractivity contribution >= 4 is 16.9 Å². The summed E-state index contributed by atoms with van der Waals surface area (Å²) >= 11 is 0. The molecule has 0 saturated carbocycles. The van der Waals surface area contributed by atoms with Crippen molar-refractivity contribution in [2.75, 3.05) is 20.1 Å². The predicted octanol–water partition coefficient (Wildman–Crippen LogP) is 1.45. The third-order valence-electron chi connectivity index (χ3n) is 3.86. The Balaban J connectivity index is 1.79. The van der Waals surface area contributed by atoms with E-state index < -0.39 is 0 Å². The molecule has 1 amide bonds. The van der Waals surface area contributed by atoms with E-state index in [2.05, 4.69) is 15.3 Å². The van der Waals surface area contributed by atoms with Crippen LogP contribution in [0.1, 0.15) is 23.3 Å². The van der Waals surface area contributed by atoms with E-state index in [9.17, 15) is 4.79 Å². The number of likely N-dealkylation sites (tertiary alicyclic amines) is 1. The molecule has 2 heterocycles. The van der Waals surface area contributed by atoms with E-state index >= 15 is 0 Å². The molecule has 1 N–H and O–H groups in total. The molecule has 0 atom stereocenters. The molecule has 104 valence electrons. The van der Waals surface area contributed by atoms with Gasteiger partial charge in [0.25, 0.3) is 5.91 Å². The Morgan fingerprint density at radius 1 is 1.25 bits per heavy atom. The van der Waals surface area contributed by atoms with E-state index in [1.807, 2.05) is 36.2 Å². The molecule has 1 saturated heterocycles. The summed E-state index contributed by atoms with van der Waals surface area (Å²) in [7, 11) is 1.97. The van der Waals surface area contributed by atoms with Gasteiger partial charge in [-0.15, -0.1) is 0 Å². The molecule has 0 bridgehead atoms. The monoisotopic (exact) mass is 270 g/mol. The fourth-order valence-corrected chi connectivity index (χ4v) is 2.59. The number of aromatic nitrogens is 2. The number of carbonyl (C=O) groups is 1. The van der Waals surface area contributed by atoms with Gasteiger partial charge in [0.1, 0.15) is 5.69 Å². The molecule has 2 aromatic rings. The number of benzene rings is 1. The van der Waals surface area contributed by atoms with Crippen LogP contribution in [0.2, 0.25) is 0 Å². The first kappa shape index (κ1) is 13.0. The van der Waals surface area contributed by atoms with E-state index in [1.54, 1.807) is 6.20 Å². The van der Waals surface area contributed by atoms with Crippen LogP contribution in [0.15, 0.2) is 30.5 Å². The Bertz CT molecular complexity index is 620. The summed E-state index contributed by atoms with van der Waals surface area (Å²) in [6.07, 6.45) is 3.56. The maximum atomic E-state index is 12.4. The van der Waals surface area contributed by atoms with Gasteiger partial charge in [-0.3, -0.25) is 9.78 Å². The van der Waals surface area contributed by atoms with Crippen LogP contribution in [0.3, 0.4) is 0 Å². The lowest BCUT2D eigenvalue weighted by molar-refractivity contribution is 0.0701. The molecular formula is C15H18N4O. The molecule has 1 aliphatic heterocycles. The number of amides is 1. The van der Waals surface area contributed by atoms with Gasteiger partial charge < -0.3 is 10.2 Å². The zero-order valence-corrected chi connectivity index (χ0v) is 11.5. The third-order valence-corrected chi connectivity index (χ3v) is 3.86. The van der Waals surface area contributed by atoms with Crippen molar-refractivity contribution in [1.29, 1.82) is 0 Å². The second kappa shape index (κ2) is 5.54. The van der Waals surface area contributed by atoms with Gasteiger partial charge in [0.05, 0.1) is 17.2 Å². The van der Waals surface area contributed by atoms with Gasteiger partial charge in [0, 0.05) is 19.1 Å². The average Bonchev–Trinajstić information content (AvgIpc) is 2.54. The SMILES string of the molecule is CNC1CCN(C(=O)c2cnc3ccccc3n2)CC1. The van der Waals surface area contributed by atoms with Crippen molar-refractivity contribution in [1.82, 2.24) is 20.2 Å². The number of fused-ring (bicyclic) bond motifs is 1. The fourth-order valence-electron chi connectivity index (χ4n) is 2.59. The van der Waals surface area contributed by atoms with Gasteiger partial charge in [-0.1, -0.05) is 12.1 Å². The fraction of sp³-hybridized carbons (Fsp3) is 0.400. The van der Waals surface area contributed by atoms with Crippen molar-refractivity contribution in [3.63, 3.8) is 0 Å². The van der Waals surface area contributed by atoms with Gasteiger partial charge >= 0.3 is 0 Å². The number of hydrogen-bond donors (Lipinski definition) is 1. The molecule has 1 aromatic carbocycles. The average molecular weight is 270 g/mol. The molecule has 0 aliphatic carbocycles. The second-order valence-electron chi connectivity index (χ2n) is 5.10. The molecule has 20 heavy (non-hydrogen) atoms. The molecule has 5 heteroatoms. The Morgan fingerprint density at radius 2 is 1.95 bits per heavy atom. The van der Waals surface area contributed by atoms with E-state index in [-0.39, 0.29) is 5.91 Å². The first-order chi connectivity index (χ1) is 9.78. The normalized spacial score (nSPS) is 16.6. The number of carbonyl (C=O) groups excluding carboxylic acids is 1. The molecule has 0 spiro atoms. The van der Waals surface area contributed by atoms with Gasteiger partial charge in [-0.05, 0) is 32.0 Å². The first-order valence-corrected chi connectivity index (χ1v) is 6.96. The quantitative estimate of drug-likeness (QED) is 0.897. The lowest BCUT2D eigenvalue weighted by atomic mass is 10.1. The Kier molecular flexibility index (Phi) is 3.60. The third kappa shape index (κ3) is 2.49. The maximum Gasteiger partial charge on any atom is 0.274 e. The van der Waals surface area contributed by atoms with Crippen LogP contribution in [0, 0.1) is 0 Å². The highest BCUT2D eigenvalue weighted by Crippen LogP contribution is 2.14. The van der Waals surface area contributed by atoms with Gasteiger partial charge in [-0.25, -0.2) is 4.98 Å². The molecule has 1 aliphatic rings. The summed E-state index contributed by atoms with van der Waals surface area (Å²) in [6.45, 7) is 1.55. The van der Waals surface area contributed by atoms with Crippen molar-refractivity contribution in [3.05, 3.63) is 36.2 Å². The zero-order valence-electron chi connectivity index (χ0n) is 11.5. The van der Waals surface area contributed by atoms with Gasteiger partial charge in [0.15, 0.2) is 0 Å². The molecule has 5 nitrogen and oxygen atoms in total. The van der Waals surface area contributed by atoms with E-state index in [1.165, 1.54) is 0 Å². The lowest BCUT2D eigenvalue weighted by Gasteiger charge is -2.31. The number of rotatable bonds is 2. The first-order valence-electron chi connectivity index (χ1n) is 6.96. The number of nitrogens with zero attached hydrogens (tertiary/aromatic N) is 3. The minimum Gasteiger partial charge on any atom is -0.337 e. The number of hydrogen-bond acceptors (Lipinski definition) is 4. The number of para-hydroxylation sites is 2. The van der Waals surface area contributed by atoms with Crippen LogP contribution >= 0.6 is 0 Å². The molecule has 0 radical (unpaired) electrons. The minimum atomic E-state index is -0.0159. The summed E-state index contributed by atoms with van der Waals surface area (Å²) in [5.41, 5.74) is 2.02. The summed E-state index contributed by atoms with van der Waals surface area (Å²) < 4.78 is 0. The van der Waals surface area contributed by atoms with Gasteiger partial charge in [-0.2, -0.15) is 0 Å². The summed E-state index contributed by atoms with van der Waals surface area (Å²) in [5.74, 6) is -0.0159. The summed E-state index contributed by atoms with van der Waals surface area (Å²) in [4.78, 5) is 23.0. The van der Waals surface area contributed by atoms with Crippen LogP contribution in [0.4, 0.5) is 0 Å². The van der Waals surface area contributed by atoms with E-state index in [0.717, 1.165) is 37.0 Å². The lowest BCUT2D eigenvalue weighted by Crippen LogP contribution is -2.44. The highest BCUT2D eigenvalue weighted by Gasteiger charge is 2.23. The van der Waals surface area contributed by atoms with E-state index in [4.69, 9.17) is 0 Å². The highest BCUT2D eigenvalue weighted by atomic mass is 16.2. The smallest absolute Gasteiger partial charge is 0.274 e. The summed E-state index contributed by atoms with van der Waals surface area (Å²) in [5, 5.41) is 3.26. The molecule has 1 fully saturated rings. The van der Waals surface area contributed by atoms with Crippen LogP contribution in [0.25, 0.3) is 11.0 Å². The molecule has 1 aromatic heterocycles. The number of piperidine rings is 1. The van der Waals surface area contributed by atoms with Crippen molar-refractivity contribution < 1.29 is 4.79 Å². The maximum absolute atomic E-state index is 12.4. The minimum absolute atomic E-state index is 0.0159. The predicted molar refractivity (Wildman–Crippen MR) is 77.5 cm³/mol. The van der Waals surface area contributed by atoms with Crippen LogP contribution in [0.5, 0.6) is 0 Å². The van der Waals surface area contributed by atoms with Crippen molar-refractivity contribution in [2.24, 2.45) is 0 Å². The van der Waals surface area contributed by atoms with Crippen molar-refractivity contribution in [2.45, 2.75) is 18.9 Å². The highest BCUT2D eigenvalue weighted by molar-refractivity contribution is 5.93.